The average Bonchev–Trinajstić information content (AvgIpc) is 2.64. The zero-order valence-corrected chi connectivity index (χ0v) is 15.3. The molecule has 26 heavy (non-hydrogen) atoms. The molecule has 0 atom stereocenters. The molecule has 3 rings (SSSR count). The maximum atomic E-state index is 12.7. The lowest BCUT2D eigenvalue weighted by Crippen LogP contribution is -2.14. The highest BCUT2D eigenvalue weighted by Crippen LogP contribution is 2.22. The summed E-state index contributed by atoms with van der Waals surface area (Å²) >= 11 is 0. The van der Waals surface area contributed by atoms with E-state index in [-0.39, 0.29) is 5.91 Å². The Balaban J connectivity index is 1.79. The van der Waals surface area contributed by atoms with Gasteiger partial charge in [0, 0.05) is 17.6 Å². The van der Waals surface area contributed by atoms with Crippen molar-refractivity contribution in [2.24, 2.45) is 0 Å². The molecule has 3 aromatic rings. The van der Waals surface area contributed by atoms with E-state index < -0.39 is 0 Å². The SMILES string of the molecule is Cc1ccc(NC(=O)c2cccnc2Nc2ccc(C(C)C)cc2)cc1. The van der Waals surface area contributed by atoms with Crippen molar-refractivity contribution in [3.05, 3.63) is 83.6 Å². The number of nitrogens with zero attached hydrogens (tertiary/aromatic N) is 1. The molecule has 132 valence electrons. The monoisotopic (exact) mass is 345 g/mol. The average molecular weight is 345 g/mol. The molecule has 2 aromatic carbocycles. The Morgan fingerprint density at radius 2 is 1.58 bits per heavy atom. The highest BCUT2D eigenvalue weighted by Gasteiger charge is 2.13. The Morgan fingerprint density at radius 3 is 2.23 bits per heavy atom. The summed E-state index contributed by atoms with van der Waals surface area (Å²) in [4.78, 5) is 17.0. The standard InChI is InChI=1S/C22H23N3O/c1-15(2)17-8-12-18(13-9-17)24-21-20(5-4-14-23-21)22(26)25-19-10-6-16(3)7-11-19/h4-15H,1-3H3,(H,23,24)(H,25,26). The van der Waals surface area contributed by atoms with Crippen LogP contribution in [0, 0.1) is 6.92 Å². The molecule has 0 bridgehead atoms. The largest absolute Gasteiger partial charge is 0.340 e. The van der Waals surface area contributed by atoms with E-state index in [1.807, 2.05) is 43.3 Å². The fourth-order valence-corrected chi connectivity index (χ4v) is 2.61. The molecule has 4 nitrogen and oxygen atoms in total. The minimum absolute atomic E-state index is 0.191. The van der Waals surface area contributed by atoms with Crippen molar-refractivity contribution in [1.82, 2.24) is 4.98 Å². The highest BCUT2D eigenvalue weighted by atomic mass is 16.1. The van der Waals surface area contributed by atoms with E-state index in [1.54, 1.807) is 18.3 Å². The number of benzene rings is 2. The molecule has 1 aromatic heterocycles. The predicted molar refractivity (Wildman–Crippen MR) is 107 cm³/mol. The minimum atomic E-state index is -0.191. The van der Waals surface area contributed by atoms with Gasteiger partial charge in [0.2, 0.25) is 0 Å². The number of hydrogen-bond acceptors (Lipinski definition) is 3. The second-order valence-corrected chi connectivity index (χ2v) is 6.62. The third-order valence-corrected chi connectivity index (χ3v) is 4.20. The Kier molecular flexibility index (Phi) is 5.32. The van der Waals surface area contributed by atoms with Crippen LogP contribution in [0.5, 0.6) is 0 Å². The van der Waals surface area contributed by atoms with E-state index in [9.17, 15) is 4.79 Å². The summed E-state index contributed by atoms with van der Waals surface area (Å²) in [5.74, 6) is 0.826. The van der Waals surface area contributed by atoms with Gasteiger partial charge in [0.05, 0.1) is 5.56 Å². The van der Waals surface area contributed by atoms with Gasteiger partial charge in [-0.2, -0.15) is 0 Å². The van der Waals surface area contributed by atoms with Crippen molar-refractivity contribution in [2.75, 3.05) is 10.6 Å². The number of carbonyl (C=O) groups excluding carboxylic acids is 1. The fourth-order valence-electron chi connectivity index (χ4n) is 2.61. The third-order valence-electron chi connectivity index (χ3n) is 4.20. The molecule has 0 spiro atoms. The second-order valence-electron chi connectivity index (χ2n) is 6.62. The molecule has 0 unspecified atom stereocenters. The molecular formula is C22H23N3O. The van der Waals surface area contributed by atoms with Gasteiger partial charge in [0.15, 0.2) is 0 Å². The van der Waals surface area contributed by atoms with Gasteiger partial charge in [-0.1, -0.05) is 43.7 Å². The van der Waals surface area contributed by atoms with Crippen LogP contribution in [0.15, 0.2) is 66.9 Å². The molecule has 0 fully saturated rings. The molecule has 0 radical (unpaired) electrons. The van der Waals surface area contributed by atoms with E-state index in [0.29, 0.717) is 17.3 Å². The van der Waals surface area contributed by atoms with Gasteiger partial charge in [-0.15, -0.1) is 0 Å². The summed E-state index contributed by atoms with van der Waals surface area (Å²) in [6.45, 7) is 6.34. The molecule has 1 heterocycles. The number of hydrogen-bond donors (Lipinski definition) is 2. The van der Waals surface area contributed by atoms with E-state index in [2.05, 4.69) is 41.6 Å². The number of aromatic nitrogens is 1. The van der Waals surface area contributed by atoms with Crippen LogP contribution in [0.25, 0.3) is 0 Å². The van der Waals surface area contributed by atoms with Gasteiger partial charge in [0.25, 0.3) is 5.91 Å². The summed E-state index contributed by atoms with van der Waals surface area (Å²) < 4.78 is 0. The van der Waals surface area contributed by atoms with E-state index in [4.69, 9.17) is 0 Å². The van der Waals surface area contributed by atoms with E-state index in [0.717, 1.165) is 16.9 Å². The summed E-state index contributed by atoms with van der Waals surface area (Å²) in [5.41, 5.74) is 4.58. The first kappa shape index (κ1) is 17.7. The number of carbonyl (C=O) groups is 1. The Hall–Kier alpha value is -3.14. The molecule has 0 aliphatic heterocycles. The van der Waals surface area contributed by atoms with Crippen molar-refractivity contribution in [1.29, 1.82) is 0 Å². The molecule has 0 saturated heterocycles. The van der Waals surface area contributed by atoms with Crippen LogP contribution in [0.4, 0.5) is 17.2 Å². The molecule has 2 N–H and O–H groups in total. The van der Waals surface area contributed by atoms with Gasteiger partial charge in [-0.25, -0.2) is 4.98 Å². The molecule has 1 amide bonds. The highest BCUT2D eigenvalue weighted by molar-refractivity contribution is 6.07. The van der Waals surface area contributed by atoms with Crippen molar-refractivity contribution in [3.8, 4) is 0 Å². The number of amides is 1. The Bertz CT molecular complexity index is 884. The van der Waals surface area contributed by atoms with Gasteiger partial charge in [-0.3, -0.25) is 4.79 Å². The quantitative estimate of drug-likeness (QED) is 0.641. The van der Waals surface area contributed by atoms with Crippen LogP contribution >= 0.6 is 0 Å². The summed E-state index contributed by atoms with van der Waals surface area (Å²) in [7, 11) is 0. The topological polar surface area (TPSA) is 54.0 Å². The number of nitrogens with one attached hydrogen (secondary N) is 2. The number of rotatable bonds is 5. The Labute approximate surface area is 154 Å². The molecular weight excluding hydrogens is 322 g/mol. The maximum Gasteiger partial charge on any atom is 0.259 e. The summed E-state index contributed by atoms with van der Waals surface area (Å²) in [5, 5.41) is 6.16. The first-order chi connectivity index (χ1) is 12.5. The normalized spacial score (nSPS) is 10.6. The molecule has 0 aliphatic carbocycles. The van der Waals surface area contributed by atoms with Crippen molar-refractivity contribution >= 4 is 23.1 Å². The lowest BCUT2D eigenvalue weighted by molar-refractivity contribution is 0.102. The van der Waals surface area contributed by atoms with E-state index >= 15 is 0 Å². The minimum Gasteiger partial charge on any atom is -0.340 e. The first-order valence-corrected chi connectivity index (χ1v) is 8.73. The third kappa shape index (κ3) is 4.28. The van der Waals surface area contributed by atoms with Crippen LogP contribution in [0.1, 0.15) is 41.3 Å². The van der Waals surface area contributed by atoms with Crippen LogP contribution in [-0.4, -0.2) is 10.9 Å². The maximum absolute atomic E-state index is 12.7. The van der Waals surface area contributed by atoms with Crippen LogP contribution in [-0.2, 0) is 0 Å². The zero-order valence-electron chi connectivity index (χ0n) is 15.3. The summed E-state index contributed by atoms with van der Waals surface area (Å²) in [6, 6.07) is 19.4. The lowest BCUT2D eigenvalue weighted by Gasteiger charge is -2.12. The second kappa shape index (κ2) is 7.83. The Morgan fingerprint density at radius 1 is 0.923 bits per heavy atom. The number of aryl methyl sites for hydroxylation is 1. The van der Waals surface area contributed by atoms with Crippen molar-refractivity contribution in [3.63, 3.8) is 0 Å². The fraction of sp³-hybridized carbons (Fsp3) is 0.182. The molecule has 0 saturated carbocycles. The van der Waals surface area contributed by atoms with Gasteiger partial charge in [0.1, 0.15) is 5.82 Å². The van der Waals surface area contributed by atoms with Crippen molar-refractivity contribution in [2.45, 2.75) is 26.7 Å². The number of anilines is 3. The van der Waals surface area contributed by atoms with Gasteiger partial charge >= 0.3 is 0 Å². The lowest BCUT2D eigenvalue weighted by atomic mass is 10.0. The van der Waals surface area contributed by atoms with Gasteiger partial charge < -0.3 is 10.6 Å². The molecule has 4 heteroatoms. The first-order valence-electron chi connectivity index (χ1n) is 8.73. The van der Waals surface area contributed by atoms with E-state index in [1.165, 1.54) is 5.56 Å². The predicted octanol–water partition coefficient (Wildman–Crippen LogP) is 5.51. The van der Waals surface area contributed by atoms with Crippen molar-refractivity contribution < 1.29 is 4.79 Å². The number of pyridine rings is 1. The van der Waals surface area contributed by atoms with Crippen LogP contribution in [0.3, 0.4) is 0 Å². The zero-order chi connectivity index (χ0) is 18.5. The smallest absolute Gasteiger partial charge is 0.259 e. The molecule has 0 aliphatic rings. The summed E-state index contributed by atoms with van der Waals surface area (Å²) in [6.07, 6.45) is 1.67. The van der Waals surface area contributed by atoms with Gasteiger partial charge in [-0.05, 0) is 54.8 Å². The van der Waals surface area contributed by atoms with Crippen LogP contribution < -0.4 is 10.6 Å². The van der Waals surface area contributed by atoms with Crippen LogP contribution in [0.2, 0.25) is 0 Å².